The molecule has 1 aliphatic carbocycles. The van der Waals surface area contributed by atoms with Crippen LogP contribution in [0.5, 0.6) is 0 Å². The molecule has 5 heteroatoms. The van der Waals surface area contributed by atoms with Crippen LogP contribution in [-0.2, 0) is 19.1 Å². The normalized spacial score (nSPS) is 24.6. The standard InChI is InChI=1S/C14H25NO4/c1-10(18-2)4-9-13(16)15-12-7-5-11(6-8-12)14(17)19-3/h10-12H,4-9H2,1-3H3,(H,15,16). The predicted molar refractivity (Wildman–Crippen MR) is 71.6 cm³/mol. The van der Waals surface area contributed by atoms with Crippen LogP contribution in [0.15, 0.2) is 0 Å². The number of amides is 1. The van der Waals surface area contributed by atoms with Crippen molar-refractivity contribution in [3.63, 3.8) is 0 Å². The fraction of sp³-hybridized carbons (Fsp3) is 0.857. The third-order valence-electron chi connectivity index (χ3n) is 3.81. The summed E-state index contributed by atoms with van der Waals surface area (Å²) in [5, 5.41) is 3.03. The molecule has 0 saturated heterocycles. The summed E-state index contributed by atoms with van der Waals surface area (Å²) in [6.45, 7) is 1.95. The fourth-order valence-corrected chi connectivity index (χ4v) is 2.39. The molecule has 1 rings (SSSR count). The third kappa shape index (κ3) is 5.59. The molecule has 19 heavy (non-hydrogen) atoms. The van der Waals surface area contributed by atoms with Crippen LogP contribution >= 0.6 is 0 Å². The molecule has 1 amide bonds. The second-order valence-corrected chi connectivity index (χ2v) is 5.22. The Morgan fingerprint density at radius 3 is 2.37 bits per heavy atom. The Kier molecular flexibility index (Phi) is 6.84. The lowest BCUT2D eigenvalue weighted by atomic mass is 9.86. The number of nitrogens with one attached hydrogen (secondary N) is 1. The number of ether oxygens (including phenoxy) is 2. The Morgan fingerprint density at radius 1 is 1.21 bits per heavy atom. The number of esters is 1. The van der Waals surface area contributed by atoms with E-state index < -0.39 is 0 Å². The Bertz CT molecular complexity index is 298. The third-order valence-corrected chi connectivity index (χ3v) is 3.81. The molecule has 1 N–H and O–H groups in total. The van der Waals surface area contributed by atoms with E-state index in [-0.39, 0.29) is 29.9 Å². The van der Waals surface area contributed by atoms with E-state index in [0.717, 1.165) is 32.1 Å². The Labute approximate surface area is 115 Å². The molecule has 1 saturated carbocycles. The molecule has 0 aromatic heterocycles. The molecule has 0 spiro atoms. The van der Waals surface area contributed by atoms with Crippen LogP contribution in [0.4, 0.5) is 0 Å². The van der Waals surface area contributed by atoms with E-state index in [1.807, 2.05) is 6.92 Å². The van der Waals surface area contributed by atoms with Gasteiger partial charge in [0.2, 0.25) is 5.91 Å². The van der Waals surface area contributed by atoms with Crippen molar-refractivity contribution in [2.45, 2.75) is 57.6 Å². The van der Waals surface area contributed by atoms with Crippen LogP contribution in [-0.4, -0.2) is 38.2 Å². The van der Waals surface area contributed by atoms with Gasteiger partial charge in [-0.15, -0.1) is 0 Å². The highest BCUT2D eigenvalue weighted by molar-refractivity contribution is 5.76. The first kappa shape index (κ1) is 16.0. The highest BCUT2D eigenvalue weighted by atomic mass is 16.5. The second kappa shape index (κ2) is 8.15. The zero-order valence-electron chi connectivity index (χ0n) is 12.1. The maximum Gasteiger partial charge on any atom is 0.308 e. The smallest absolute Gasteiger partial charge is 0.308 e. The second-order valence-electron chi connectivity index (χ2n) is 5.22. The topological polar surface area (TPSA) is 64.6 Å². The van der Waals surface area contributed by atoms with Crippen LogP contribution in [0, 0.1) is 5.92 Å². The minimum Gasteiger partial charge on any atom is -0.469 e. The van der Waals surface area contributed by atoms with Crippen molar-refractivity contribution in [1.29, 1.82) is 0 Å². The molecule has 1 aliphatic rings. The minimum absolute atomic E-state index is 0.00617. The molecule has 1 fully saturated rings. The van der Waals surface area contributed by atoms with Gasteiger partial charge in [0.15, 0.2) is 0 Å². The van der Waals surface area contributed by atoms with Crippen LogP contribution in [0.25, 0.3) is 0 Å². The van der Waals surface area contributed by atoms with Crippen LogP contribution in [0.1, 0.15) is 45.4 Å². The van der Waals surface area contributed by atoms with Gasteiger partial charge >= 0.3 is 5.97 Å². The Balaban J connectivity index is 2.21. The molecule has 1 unspecified atom stereocenters. The average Bonchev–Trinajstić information content (AvgIpc) is 2.44. The molecule has 0 aromatic carbocycles. The molecular formula is C14H25NO4. The summed E-state index contributed by atoms with van der Waals surface area (Å²) >= 11 is 0. The van der Waals surface area contributed by atoms with E-state index in [1.165, 1.54) is 7.11 Å². The molecule has 5 nitrogen and oxygen atoms in total. The number of rotatable bonds is 6. The zero-order chi connectivity index (χ0) is 14.3. The van der Waals surface area contributed by atoms with Gasteiger partial charge in [0.1, 0.15) is 0 Å². The lowest BCUT2D eigenvalue weighted by Crippen LogP contribution is -2.39. The molecule has 0 aliphatic heterocycles. The van der Waals surface area contributed by atoms with Gasteiger partial charge < -0.3 is 14.8 Å². The van der Waals surface area contributed by atoms with Crippen molar-refractivity contribution in [3.8, 4) is 0 Å². The van der Waals surface area contributed by atoms with Crippen molar-refractivity contribution in [2.24, 2.45) is 5.92 Å². The van der Waals surface area contributed by atoms with Gasteiger partial charge in [-0.2, -0.15) is 0 Å². The summed E-state index contributed by atoms with van der Waals surface area (Å²) in [5.41, 5.74) is 0. The van der Waals surface area contributed by atoms with Gasteiger partial charge in [0.25, 0.3) is 0 Å². The van der Waals surface area contributed by atoms with Crippen LogP contribution in [0.2, 0.25) is 0 Å². The van der Waals surface area contributed by atoms with E-state index in [9.17, 15) is 9.59 Å². The number of carbonyl (C=O) groups is 2. The van der Waals surface area contributed by atoms with Crippen LogP contribution in [0.3, 0.4) is 0 Å². The molecule has 0 heterocycles. The van der Waals surface area contributed by atoms with E-state index in [2.05, 4.69) is 5.32 Å². The predicted octanol–water partition coefficient (Wildman–Crippen LogP) is 1.65. The summed E-state index contributed by atoms with van der Waals surface area (Å²) in [5.74, 6) is -0.0456. The number of methoxy groups -OCH3 is 2. The first-order valence-corrected chi connectivity index (χ1v) is 6.96. The highest BCUT2D eigenvalue weighted by Crippen LogP contribution is 2.25. The van der Waals surface area contributed by atoms with Gasteiger partial charge in [-0.25, -0.2) is 0 Å². The molecule has 0 aromatic rings. The van der Waals surface area contributed by atoms with Gasteiger partial charge in [0, 0.05) is 19.6 Å². The minimum atomic E-state index is -0.126. The van der Waals surface area contributed by atoms with E-state index >= 15 is 0 Å². The van der Waals surface area contributed by atoms with Gasteiger partial charge in [-0.05, 0) is 39.0 Å². The number of hydrogen-bond donors (Lipinski definition) is 1. The summed E-state index contributed by atoms with van der Waals surface area (Å²) in [6, 6.07) is 0.200. The highest BCUT2D eigenvalue weighted by Gasteiger charge is 2.27. The van der Waals surface area contributed by atoms with Crippen molar-refractivity contribution in [1.82, 2.24) is 5.32 Å². The largest absolute Gasteiger partial charge is 0.469 e. The lowest BCUT2D eigenvalue weighted by molar-refractivity contribution is -0.146. The van der Waals surface area contributed by atoms with Gasteiger partial charge in [-0.3, -0.25) is 9.59 Å². The average molecular weight is 271 g/mol. The van der Waals surface area contributed by atoms with Gasteiger partial charge in [0.05, 0.1) is 19.1 Å². The summed E-state index contributed by atoms with van der Waals surface area (Å²) in [6.07, 6.45) is 4.64. The maximum absolute atomic E-state index is 11.7. The zero-order valence-corrected chi connectivity index (χ0v) is 12.1. The number of hydrogen-bond acceptors (Lipinski definition) is 4. The molecule has 0 bridgehead atoms. The Morgan fingerprint density at radius 2 is 1.84 bits per heavy atom. The summed E-state index contributed by atoms with van der Waals surface area (Å²) in [7, 11) is 3.07. The van der Waals surface area contributed by atoms with Crippen molar-refractivity contribution >= 4 is 11.9 Å². The van der Waals surface area contributed by atoms with Gasteiger partial charge in [-0.1, -0.05) is 0 Å². The summed E-state index contributed by atoms with van der Waals surface area (Å²) in [4.78, 5) is 23.1. The van der Waals surface area contributed by atoms with Crippen molar-refractivity contribution in [2.75, 3.05) is 14.2 Å². The van der Waals surface area contributed by atoms with E-state index in [1.54, 1.807) is 7.11 Å². The maximum atomic E-state index is 11.7. The molecular weight excluding hydrogens is 246 g/mol. The molecule has 110 valence electrons. The summed E-state index contributed by atoms with van der Waals surface area (Å²) < 4.78 is 9.86. The van der Waals surface area contributed by atoms with Crippen LogP contribution < -0.4 is 5.32 Å². The van der Waals surface area contributed by atoms with Crippen molar-refractivity contribution in [3.05, 3.63) is 0 Å². The lowest BCUT2D eigenvalue weighted by Gasteiger charge is -2.27. The Hall–Kier alpha value is -1.10. The monoisotopic (exact) mass is 271 g/mol. The van der Waals surface area contributed by atoms with E-state index in [0.29, 0.717) is 6.42 Å². The van der Waals surface area contributed by atoms with Crippen molar-refractivity contribution < 1.29 is 19.1 Å². The fourth-order valence-electron chi connectivity index (χ4n) is 2.39. The first-order chi connectivity index (χ1) is 9.06. The molecule has 1 atom stereocenters. The quantitative estimate of drug-likeness (QED) is 0.746. The number of carbonyl (C=O) groups excluding carboxylic acids is 2. The first-order valence-electron chi connectivity index (χ1n) is 6.96. The SMILES string of the molecule is COC(=O)C1CCC(NC(=O)CCC(C)OC)CC1. The molecule has 0 radical (unpaired) electrons. The van der Waals surface area contributed by atoms with E-state index in [4.69, 9.17) is 9.47 Å².